The predicted octanol–water partition coefficient (Wildman–Crippen LogP) is 4.16. The van der Waals surface area contributed by atoms with Crippen molar-refractivity contribution in [3.05, 3.63) is 35.5 Å². The molecule has 1 atom stereocenters. The number of nitrogens with zero attached hydrogens (tertiary/aromatic N) is 2. The van der Waals surface area contributed by atoms with Crippen molar-refractivity contribution in [1.29, 1.82) is 0 Å². The van der Waals surface area contributed by atoms with E-state index in [0.29, 0.717) is 16.0 Å². The summed E-state index contributed by atoms with van der Waals surface area (Å²) < 4.78 is 32.8. The maximum absolute atomic E-state index is 12.9. The molecule has 0 radical (unpaired) electrons. The van der Waals surface area contributed by atoms with Gasteiger partial charge in [-0.25, -0.2) is 13.2 Å². The van der Waals surface area contributed by atoms with E-state index in [1.807, 2.05) is 16.8 Å². The first kappa shape index (κ1) is 19.2. The van der Waals surface area contributed by atoms with Crippen LogP contribution < -0.4 is 0 Å². The third-order valence-corrected chi connectivity index (χ3v) is 7.51. The molecule has 1 aliphatic carbocycles. The van der Waals surface area contributed by atoms with Crippen LogP contribution in [0.15, 0.2) is 29.2 Å². The first-order chi connectivity index (χ1) is 13.2. The summed E-state index contributed by atoms with van der Waals surface area (Å²) in [5.41, 5.74) is 2.19. The van der Waals surface area contributed by atoms with Crippen LogP contribution in [0.2, 0.25) is 0 Å². The second-order valence-electron chi connectivity index (χ2n) is 8.51. The van der Waals surface area contributed by atoms with Crippen LogP contribution in [-0.4, -0.2) is 30.8 Å². The fourth-order valence-electron chi connectivity index (χ4n) is 4.59. The number of hydrogen-bond donors (Lipinski definition) is 0. The van der Waals surface area contributed by atoms with Gasteiger partial charge in [-0.1, -0.05) is 38.5 Å². The van der Waals surface area contributed by atoms with Gasteiger partial charge < -0.3 is 4.74 Å². The van der Waals surface area contributed by atoms with Crippen LogP contribution in [0.5, 0.6) is 0 Å². The molecule has 1 aliphatic heterocycles. The van der Waals surface area contributed by atoms with Gasteiger partial charge in [-0.2, -0.15) is 5.10 Å². The second-order valence-corrected chi connectivity index (χ2v) is 10.5. The highest BCUT2D eigenvalue weighted by molar-refractivity contribution is 7.90. The summed E-state index contributed by atoms with van der Waals surface area (Å²) in [7, 11) is -3.53. The van der Waals surface area contributed by atoms with Gasteiger partial charge in [-0.05, 0) is 37.7 Å². The summed E-state index contributed by atoms with van der Waals surface area (Å²) in [5.74, 6) is -0.772. The molecule has 0 spiro atoms. The molecule has 1 unspecified atom stereocenters. The van der Waals surface area contributed by atoms with Crippen LogP contribution in [0.4, 0.5) is 0 Å². The molecule has 2 aliphatic rings. The van der Waals surface area contributed by atoms with Crippen molar-refractivity contribution in [3.8, 4) is 11.3 Å². The largest absolute Gasteiger partial charge is 0.461 e. The Morgan fingerprint density at radius 2 is 2.07 bits per heavy atom. The van der Waals surface area contributed by atoms with Crippen LogP contribution in [0.25, 0.3) is 11.3 Å². The van der Waals surface area contributed by atoms with Crippen molar-refractivity contribution < 1.29 is 17.9 Å². The Hall–Kier alpha value is -2.15. The van der Waals surface area contributed by atoms with E-state index in [4.69, 9.17) is 4.74 Å². The highest BCUT2D eigenvalue weighted by atomic mass is 32.2. The van der Waals surface area contributed by atoms with Crippen LogP contribution in [-0.2, 0) is 20.3 Å². The summed E-state index contributed by atoms with van der Waals surface area (Å²) in [6.07, 6.45) is 4.15. The Balaban J connectivity index is 1.94. The van der Waals surface area contributed by atoms with Crippen LogP contribution >= 0.6 is 0 Å². The summed E-state index contributed by atoms with van der Waals surface area (Å²) in [6, 6.07) is 7.15. The third kappa shape index (κ3) is 3.15. The molecule has 1 saturated carbocycles. The molecule has 6 nitrogen and oxygen atoms in total. The van der Waals surface area contributed by atoms with E-state index in [2.05, 4.69) is 18.9 Å². The Morgan fingerprint density at radius 3 is 2.79 bits per heavy atom. The zero-order chi connectivity index (χ0) is 20.1. The molecule has 150 valence electrons. The lowest BCUT2D eigenvalue weighted by Gasteiger charge is -2.36. The van der Waals surface area contributed by atoms with E-state index in [0.717, 1.165) is 31.4 Å². The first-order valence-corrected chi connectivity index (χ1v) is 11.5. The lowest BCUT2D eigenvalue weighted by atomic mass is 9.75. The smallest absolute Gasteiger partial charge is 0.359 e. The van der Waals surface area contributed by atoms with Gasteiger partial charge in [0.1, 0.15) is 0 Å². The van der Waals surface area contributed by atoms with Crippen molar-refractivity contribution in [2.24, 2.45) is 5.41 Å². The van der Waals surface area contributed by atoms with Crippen molar-refractivity contribution in [2.45, 2.75) is 63.1 Å². The molecule has 0 bridgehead atoms. The zero-order valence-corrected chi connectivity index (χ0v) is 17.4. The van der Waals surface area contributed by atoms with Crippen LogP contribution in [0, 0.1) is 5.41 Å². The van der Waals surface area contributed by atoms with Gasteiger partial charge >= 0.3 is 5.97 Å². The lowest BCUT2D eigenvalue weighted by molar-refractivity contribution is 0.0516. The minimum atomic E-state index is -3.53. The fraction of sp³-hybridized carbons (Fsp3) is 0.524. The van der Waals surface area contributed by atoms with Gasteiger partial charge in [0.15, 0.2) is 15.5 Å². The summed E-state index contributed by atoms with van der Waals surface area (Å²) >= 11 is 0. The molecule has 1 fully saturated rings. The van der Waals surface area contributed by atoms with E-state index in [1.54, 1.807) is 19.1 Å². The minimum Gasteiger partial charge on any atom is -0.461 e. The highest BCUT2D eigenvalue weighted by Gasteiger charge is 2.39. The lowest BCUT2D eigenvalue weighted by Crippen LogP contribution is -2.26. The monoisotopic (exact) mass is 402 g/mol. The number of benzene rings is 1. The molecule has 1 aromatic heterocycles. The van der Waals surface area contributed by atoms with Crippen molar-refractivity contribution >= 4 is 15.8 Å². The zero-order valence-electron chi connectivity index (χ0n) is 16.6. The van der Waals surface area contributed by atoms with E-state index in [-0.39, 0.29) is 29.5 Å². The van der Waals surface area contributed by atoms with E-state index in [9.17, 15) is 13.2 Å². The van der Waals surface area contributed by atoms with Crippen molar-refractivity contribution in [3.63, 3.8) is 0 Å². The van der Waals surface area contributed by atoms with E-state index in [1.165, 1.54) is 0 Å². The number of aromatic nitrogens is 2. The molecule has 2 aromatic rings. The number of esters is 1. The Kier molecular flexibility index (Phi) is 4.61. The summed E-state index contributed by atoms with van der Waals surface area (Å²) in [6.45, 7) is 6.46. The Labute approximate surface area is 165 Å². The predicted molar refractivity (Wildman–Crippen MR) is 106 cm³/mol. The fourth-order valence-corrected chi connectivity index (χ4v) is 6.18. The quantitative estimate of drug-likeness (QED) is 0.721. The highest BCUT2D eigenvalue weighted by Crippen LogP contribution is 2.46. The van der Waals surface area contributed by atoms with Gasteiger partial charge in [0, 0.05) is 11.1 Å². The van der Waals surface area contributed by atoms with Crippen LogP contribution in [0.1, 0.15) is 68.5 Å². The maximum Gasteiger partial charge on any atom is 0.359 e. The van der Waals surface area contributed by atoms with E-state index < -0.39 is 15.8 Å². The molecule has 1 aromatic carbocycles. The van der Waals surface area contributed by atoms with Gasteiger partial charge in [-0.15, -0.1) is 0 Å². The Bertz CT molecular complexity index is 1040. The topological polar surface area (TPSA) is 78.3 Å². The van der Waals surface area contributed by atoms with Crippen LogP contribution in [0.3, 0.4) is 0 Å². The molecule has 4 rings (SSSR count). The number of fused-ring (bicyclic) bond motifs is 3. The van der Waals surface area contributed by atoms with Gasteiger partial charge in [0.05, 0.1) is 29.0 Å². The molecular weight excluding hydrogens is 376 g/mol. The molecule has 28 heavy (non-hydrogen) atoms. The SMILES string of the molecule is CCOC(=O)c1nn(C2CCCC(C)(C)C2)c2c1CS(=O)(=O)c1ccccc1-2. The van der Waals surface area contributed by atoms with Gasteiger partial charge in [-0.3, -0.25) is 4.68 Å². The maximum atomic E-state index is 12.9. The minimum absolute atomic E-state index is 0.134. The Morgan fingerprint density at radius 1 is 1.32 bits per heavy atom. The van der Waals surface area contributed by atoms with Crippen molar-refractivity contribution in [1.82, 2.24) is 9.78 Å². The number of ether oxygens (including phenoxy) is 1. The molecule has 0 amide bonds. The second kappa shape index (κ2) is 6.72. The first-order valence-electron chi connectivity index (χ1n) is 9.84. The average molecular weight is 403 g/mol. The average Bonchev–Trinajstić information content (AvgIpc) is 3.00. The standard InChI is InChI=1S/C21H26N2O4S/c1-4-27-20(24)18-16-13-28(25,26)17-10-6-5-9-15(17)19(16)23(22-18)14-8-7-11-21(2,3)12-14/h5-6,9-10,14H,4,7-8,11-13H2,1-3H3. The molecule has 7 heteroatoms. The summed E-state index contributed by atoms with van der Waals surface area (Å²) in [5, 5.41) is 4.64. The number of sulfone groups is 1. The number of rotatable bonds is 3. The molecule has 0 N–H and O–H groups in total. The number of carbonyl (C=O) groups is 1. The normalized spacial score (nSPS) is 22.2. The molecular formula is C21H26N2O4S. The number of carbonyl (C=O) groups excluding carboxylic acids is 1. The summed E-state index contributed by atoms with van der Waals surface area (Å²) in [4.78, 5) is 12.9. The molecule has 2 heterocycles. The molecule has 0 saturated heterocycles. The van der Waals surface area contributed by atoms with E-state index >= 15 is 0 Å². The van der Waals surface area contributed by atoms with Gasteiger partial charge in [0.2, 0.25) is 0 Å². The van der Waals surface area contributed by atoms with Gasteiger partial charge in [0.25, 0.3) is 0 Å². The number of hydrogen-bond acceptors (Lipinski definition) is 5. The third-order valence-electron chi connectivity index (χ3n) is 5.81. The van der Waals surface area contributed by atoms with Crippen molar-refractivity contribution in [2.75, 3.05) is 6.61 Å².